The summed E-state index contributed by atoms with van der Waals surface area (Å²) in [5.74, 6) is -1.78. The van der Waals surface area contributed by atoms with Crippen molar-refractivity contribution in [3.8, 4) is 5.75 Å². The van der Waals surface area contributed by atoms with Crippen molar-refractivity contribution in [3.63, 3.8) is 0 Å². The largest absolute Gasteiger partial charge is 0.506 e. The van der Waals surface area contributed by atoms with E-state index in [1.807, 2.05) is 30.3 Å². The molecule has 0 heterocycles. The number of carbonyl (C=O) groups excluding carboxylic acids is 1. The summed E-state index contributed by atoms with van der Waals surface area (Å²) < 4.78 is 13.4. The maximum Gasteiger partial charge on any atom is 0.258 e. The summed E-state index contributed by atoms with van der Waals surface area (Å²) >= 11 is 5.70. The minimum absolute atomic E-state index is 0.0568. The fraction of sp³-hybridized carbons (Fsp3) is 0.188. The normalized spacial score (nSPS) is 10.5. The van der Waals surface area contributed by atoms with Gasteiger partial charge in [0.2, 0.25) is 0 Å². The number of halogens is 2. The highest BCUT2D eigenvalue weighted by Gasteiger charge is 2.21. The first-order valence-electron chi connectivity index (χ1n) is 6.65. The molecule has 0 radical (unpaired) electrons. The summed E-state index contributed by atoms with van der Waals surface area (Å²) in [5, 5.41) is 18.8. The average molecular weight is 324 g/mol. The molecule has 4 nitrogen and oxygen atoms in total. The zero-order chi connectivity index (χ0) is 16.1. The van der Waals surface area contributed by atoms with Gasteiger partial charge >= 0.3 is 0 Å². The number of amides is 1. The van der Waals surface area contributed by atoms with E-state index in [4.69, 9.17) is 16.7 Å². The number of hydrogen-bond acceptors (Lipinski definition) is 3. The van der Waals surface area contributed by atoms with Crippen LogP contribution in [0.25, 0.3) is 0 Å². The maximum absolute atomic E-state index is 13.4. The fourth-order valence-electron chi connectivity index (χ4n) is 2.08. The predicted molar refractivity (Wildman–Crippen MR) is 81.3 cm³/mol. The molecule has 2 N–H and O–H groups in total. The van der Waals surface area contributed by atoms with Gasteiger partial charge in [-0.05, 0) is 17.7 Å². The molecular weight excluding hydrogens is 309 g/mol. The molecule has 0 fully saturated rings. The van der Waals surface area contributed by atoms with Gasteiger partial charge in [-0.1, -0.05) is 41.9 Å². The Morgan fingerprint density at radius 2 is 1.91 bits per heavy atom. The topological polar surface area (TPSA) is 60.8 Å². The molecule has 0 aromatic heterocycles. The van der Waals surface area contributed by atoms with Crippen molar-refractivity contribution in [2.75, 3.05) is 13.2 Å². The van der Waals surface area contributed by atoms with Gasteiger partial charge in [-0.2, -0.15) is 0 Å². The van der Waals surface area contributed by atoms with Crippen molar-refractivity contribution >= 4 is 17.5 Å². The lowest BCUT2D eigenvalue weighted by Gasteiger charge is -2.22. The van der Waals surface area contributed by atoms with Crippen molar-refractivity contribution in [3.05, 3.63) is 64.4 Å². The minimum atomic E-state index is -0.713. The molecule has 0 saturated heterocycles. The van der Waals surface area contributed by atoms with Crippen LogP contribution in [0.2, 0.25) is 5.02 Å². The Kier molecular flexibility index (Phi) is 5.35. The molecule has 0 aliphatic heterocycles. The number of phenolic OH excluding ortho intramolecular Hbond substituents is 1. The fourth-order valence-corrected chi connectivity index (χ4v) is 2.28. The van der Waals surface area contributed by atoms with E-state index in [2.05, 4.69) is 0 Å². The average Bonchev–Trinajstić information content (AvgIpc) is 2.51. The Morgan fingerprint density at radius 3 is 2.55 bits per heavy atom. The molecule has 2 aromatic rings. The van der Waals surface area contributed by atoms with Gasteiger partial charge in [0.05, 0.1) is 17.2 Å². The van der Waals surface area contributed by atoms with Crippen molar-refractivity contribution < 1.29 is 19.4 Å². The second-order valence-corrected chi connectivity index (χ2v) is 5.13. The Labute approximate surface area is 132 Å². The third kappa shape index (κ3) is 3.75. The van der Waals surface area contributed by atoms with E-state index < -0.39 is 17.5 Å². The summed E-state index contributed by atoms with van der Waals surface area (Å²) in [6.45, 7) is 0.0392. The molecule has 0 aliphatic carbocycles. The Bertz CT molecular complexity index is 664. The summed E-state index contributed by atoms with van der Waals surface area (Å²) in [7, 11) is 0. The Hall–Kier alpha value is -2.11. The van der Waals surface area contributed by atoms with E-state index in [1.54, 1.807) is 0 Å². The van der Waals surface area contributed by atoms with Crippen LogP contribution < -0.4 is 0 Å². The third-order valence-electron chi connectivity index (χ3n) is 3.13. The molecule has 22 heavy (non-hydrogen) atoms. The summed E-state index contributed by atoms with van der Waals surface area (Å²) in [6.07, 6.45) is 0. The van der Waals surface area contributed by atoms with Gasteiger partial charge in [0.15, 0.2) is 0 Å². The molecule has 2 rings (SSSR count). The van der Waals surface area contributed by atoms with Gasteiger partial charge in [-0.15, -0.1) is 0 Å². The third-order valence-corrected chi connectivity index (χ3v) is 3.42. The van der Waals surface area contributed by atoms with Gasteiger partial charge in [-0.3, -0.25) is 4.79 Å². The molecule has 0 saturated carbocycles. The number of nitrogens with zero attached hydrogens (tertiary/aromatic N) is 1. The summed E-state index contributed by atoms with van der Waals surface area (Å²) in [6, 6.07) is 11.0. The number of aliphatic hydroxyl groups is 1. The first kappa shape index (κ1) is 16.3. The second-order valence-electron chi connectivity index (χ2n) is 4.72. The van der Waals surface area contributed by atoms with Crippen LogP contribution in [0.1, 0.15) is 15.9 Å². The summed E-state index contributed by atoms with van der Waals surface area (Å²) in [4.78, 5) is 13.8. The van der Waals surface area contributed by atoms with Crippen molar-refractivity contribution in [1.82, 2.24) is 4.90 Å². The first-order chi connectivity index (χ1) is 10.5. The van der Waals surface area contributed by atoms with E-state index in [9.17, 15) is 14.3 Å². The van der Waals surface area contributed by atoms with Crippen LogP contribution in [0.5, 0.6) is 5.75 Å². The van der Waals surface area contributed by atoms with Crippen molar-refractivity contribution in [1.29, 1.82) is 0 Å². The molecule has 6 heteroatoms. The molecule has 0 spiro atoms. The summed E-state index contributed by atoms with van der Waals surface area (Å²) in [5.41, 5.74) is 0.626. The molecule has 0 aliphatic rings. The van der Waals surface area contributed by atoms with E-state index in [-0.39, 0.29) is 30.3 Å². The molecular formula is C16H15ClFNO3. The number of carbonyl (C=O) groups is 1. The predicted octanol–water partition coefficient (Wildman–Crippen LogP) is 2.82. The number of aliphatic hydroxyl groups excluding tert-OH is 1. The number of aromatic hydroxyl groups is 1. The van der Waals surface area contributed by atoms with Crippen LogP contribution in [0.4, 0.5) is 4.39 Å². The van der Waals surface area contributed by atoms with Crippen LogP contribution in [0.15, 0.2) is 42.5 Å². The van der Waals surface area contributed by atoms with Gasteiger partial charge in [0.1, 0.15) is 11.6 Å². The number of hydrogen-bond donors (Lipinski definition) is 2. The van der Waals surface area contributed by atoms with Crippen LogP contribution in [0, 0.1) is 5.82 Å². The minimum Gasteiger partial charge on any atom is -0.506 e. The van der Waals surface area contributed by atoms with E-state index >= 15 is 0 Å². The number of benzene rings is 2. The lowest BCUT2D eigenvalue weighted by Crippen LogP contribution is -2.33. The molecule has 0 unspecified atom stereocenters. The van der Waals surface area contributed by atoms with Gasteiger partial charge in [0.25, 0.3) is 5.91 Å². The SMILES string of the molecule is O=C(c1cc(F)cc(Cl)c1O)N(CCO)Cc1ccccc1. The molecule has 0 bridgehead atoms. The molecule has 1 amide bonds. The highest BCUT2D eigenvalue weighted by Crippen LogP contribution is 2.29. The number of phenols is 1. The van der Waals surface area contributed by atoms with Crippen LogP contribution in [-0.4, -0.2) is 34.2 Å². The van der Waals surface area contributed by atoms with Gasteiger partial charge in [0, 0.05) is 13.1 Å². The number of rotatable bonds is 5. The molecule has 0 atom stereocenters. The smallest absolute Gasteiger partial charge is 0.258 e. The van der Waals surface area contributed by atoms with E-state index in [1.165, 1.54) is 4.90 Å². The first-order valence-corrected chi connectivity index (χ1v) is 7.02. The van der Waals surface area contributed by atoms with Crippen molar-refractivity contribution in [2.45, 2.75) is 6.54 Å². The standard InChI is InChI=1S/C16H15ClFNO3/c17-14-9-12(18)8-13(15(14)21)16(22)19(6-7-20)10-11-4-2-1-3-5-11/h1-5,8-9,20-21H,6-7,10H2. The Balaban J connectivity index is 2.30. The highest BCUT2D eigenvalue weighted by molar-refractivity contribution is 6.32. The maximum atomic E-state index is 13.4. The van der Waals surface area contributed by atoms with Crippen molar-refractivity contribution in [2.24, 2.45) is 0 Å². The van der Waals surface area contributed by atoms with E-state index in [0.717, 1.165) is 17.7 Å². The van der Waals surface area contributed by atoms with Crippen LogP contribution >= 0.6 is 11.6 Å². The molecule has 116 valence electrons. The van der Waals surface area contributed by atoms with Crippen LogP contribution in [0.3, 0.4) is 0 Å². The van der Waals surface area contributed by atoms with Gasteiger partial charge < -0.3 is 15.1 Å². The lowest BCUT2D eigenvalue weighted by molar-refractivity contribution is 0.0704. The lowest BCUT2D eigenvalue weighted by atomic mass is 10.1. The molecule has 2 aromatic carbocycles. The monoisotopic (exact) mass is 323 g/mol. The zero-order valence-corrected chi connectivity index (χ0v) is 12.4. The highest BCUT2D eigenvalue weighted by atomic mass is 35.5. The van der Waals surface area contributed by atoms with Gasteiger partial charge in [-0.25, -0.2) is 4.39 Å². The van der Waals surface area contributed by atoms with Crippen LogP contribution in [-0.2, 0) is 6.54 Å². The van der Waals surface area contributed by atoms with E-state index in [0.29, 0.717) is 0 Å². The quantitative estimate of drug-likeness (QED) is 0.889. The Morgan fingerprint density at radius 1 is 1.23 bits per heavy atom. The second kappa shape index (κ2) is 7.24. The zero-order valence-electron chi connectivity index (χ0n) is 11.7.